The van der Waals surface area contributed by atoms with Crippen LogP contribution in [0.2, 0.25) is 0 Å². The normalized spacial score (nSPS) is 17.1. The van der Waals surface area contributed by atoms with Crippen LogP contribution in [0.4, 0.5) is 4.39 Å². The van der Waals surface area contributed by atoms with Crippen LogP contribution < -0.4 is 10.6 Å². The van der Waals surface area contributed by atoms with Crippen molar-refractivity contribution in [2.45, 2.75) is 29.7 Å². The molecule has 3 nitrogen and oxygen atoms in total. The highest BCUT2D eigenvalue weighted by molar-refractivity contribution is 7.99. The van der Waals surface area contributed by atoms with E-state index >= 15 is 0 Å². The van der Waals surface area contributed by atoms with Crippen LogP contribution in [-0.2, 0) is 4.79 Å². The van der Waals surface area contributed by atoms with E-state index in [0.29, 0.717) is 15.6 Å². The number of rotatable bonds is 4. The Labute approximate surface area is 155 Å². The van der Waals surface area contributed by atoms with Crippen LogP contribution in [0, 0.1) is 5.82 Å². The van der Waals surface area contributed by atoms with Crippen molar-refractivity contribution in [1.29, 1.82) is 0 Å². The van der Waals surface area contributed by atoms with Gasteiger partial charge in [-0.3, -0.25) is 4.79 Å². The fourth-order valence-corrected chi connectivity index (χ4v) is 3.90. The van der Waals surface area contributed by atoms with E-state index < -0.39 is 0 Å². The second kappa shape index (κ2) is 7.37. The molecule has 1 atom stereocenters. The Balaban J connectivity index is 1.87. The number of carbonyl (C=O) groups is 1. The van der Waals surface area contributed by atoms with Crippen LogP contribution >= 0.6 is 24.0 Å². The predicted molar refractivity (Wildman–Crippen MR) is 102 cm³/mol. The fraction of sp³-hybridized carbons (Fsp3) is 0.158. The zero-order valence-corrected chi connectivity index (χ0v) is 15.4. The van der Waals surface area contributed by atoms with Crippen molar-refractivity contribution in [2.24, 2.45) is 0 Å². The second-order valence-electron chi connectivity index (χ2n) is 5.73. The summed E-state index contributed by atoms with van der Waals surface area (Å²) >= 11 is 6.58. The minimum Gasteiger partial charge on any atom is -0.351 e. The summed E-state index contributed by atoms with van der Waals surface area (Å²) in [6.45, 7) is 3.39. The van der Waals surface area contributed by atoms with Gasteiger partial charge in [-0.15, -0.1) is 0 Å². The Bertz CT molecular complexity index is 862. The number of hydrogen-bond acceptors (Lipinski definition) is 3. The monoisotopic (exact) mass is 372 g/mol. The summed E-state index contributed by atoms with van der Waals surface area (Å²) in [7, 11) is 0. The zero-order chi connectivity index (χ0) is 18.0. The standard InChI is InChI=1S/C19H17FN2OS2/c1-11-17(12(2)23)18(22-19(24)21-11)13-7-9-14(10-8-13)25-16-6-4-3-5-15(16)20/h3-10,18H,1-2H3,(H2,21,22,24). The van der Waals surface area contributed by atoms with Gasteiger partial charge in [-0.25, -0.2) is 4.39 Å². The van der Waals surface area contributed by atoms with Gasteiger partial charge in [0.1, 0.15) is 5.82 Å². The second-order valence-corrected chi connectivity index (χ2v) is 7.25. The Hall–Kier alpha value is -2.18. The number of thiocarbonyl (C=S) groups is 1. The van der Waals surface area contributed by atoms with E-state index in [9.17, 15) is 9.18 Å². The Morgan fingerprint density at radius 2 is 1.84 bits per heavy atom. The molecule has 6 heteroatoms. The van der Waals surface area contributed by atoms with Gasteiger partial charge in [-0.2, -0.15) is 0 Å². The molecular formula is C19H17FN2OS2. The smallest absolute Gasteiger partial charge is 0.171 e. The lowest BCUT2D eigenvalue weighted by Gasteiger charge is -2.29. The average molecular weight is 372 g/mol. The molecule has 0 saturated heterocycles. The molecule has 25 heavy (non-hydrogen) atoms. The molecule has 0 saturated carbocycles. The number of nitrogens with one attached hydrogen (secondary N) is 2. The van der Waals surface area contributed by atoms with Crippen molar-refractivity contribution in [3.8, 4) is 0 Å². The predicted octanol–water partition coefficient (Wildman–Crippen LogP) is 4.36. The van der Waals surface area contributed by atoms with Crippen LogP contribution in [0.5, 0.6) is 0 Å². The molecule has 3 rings (SSSR count). The van der Waals surface area contributed by atoms with Gasteiger partial charge in [-0.05, 0) is 55.9 Å². The van der Waals surface area contributed by atoms with Gasteiger partial charge in [-0.1, -0.05) is 36.0 Å². The van der Waals surface area contributed by atoms with E-state index in [2.05, 4.69) is 10.6 Å². The maximum Gasteiger partial charge on any atom is 0.171 e. The summed E-state index contributed by atoms with van der Waals surface area (Å²) in [6, 6.07) is 14.1. The molecule has 1 aliphatic heterocycles. The number of hydrogen-bond donors (Lipinski definition) is 2. The molecule has 0 fully saturated rings. The van der Waals surface area contributed by atoms with Crippen molar-refractivity contribution >= 4 is 34.9 Å². The number of benzene rings is 2. The highest BCUT2D eigenvalue weighted by atomic mass is 32.2. The molecule has 2 aromatic carbocycles. The molecular weight excluding hydrogens is 355 g/mol. The molecule has 0 radical (unpaired) electrons. The number of carbonyl (C=O) groups excluding carboxylic acids is 1. The van der Waals surface area contributed by atoms with Gasteiger partial charge in [0, 0.05) is 21.1 Å². The van der Waals surface area contributed by atoms with E-state index in [1.807, 2.05) is 37.3 Å². The SMILES string of the molecule is CC(=O)C1=C(C)NC(=S)NC1c1ccc(Sc2ccccc2F)cc1. The average Bonchev–Trinajstić information content (AvgIpc) is 2.56. The third-order valence-electron chi connectivity index (χ3n) is 3.93. The third kappa shape index (κ3) is 3.91. The van der Waals surface area contributed by atoms with Gasteiger partial charge in [0.05, 0.1) is 6.04 Å². The third-order valence-corrected chi connectivity index (χ3v) is 5.21. The van der Waals surface area contributed by atoms with Gasteiger partial charge in [0.2, 0.25) is 0 Å². The van der Waals surface area contributed by atoms with Crippen LogP contribution in [0.1, 0.15) is 25.5 Å². The molecule has 1 unspecified atom stereocenters. The summed E-state index contributed by atoms with van der Waals surface area (Å²) in [5, 5.41) is 6.64. The van der Waals surface area contributed by atoms with Gasteiger partial charge < -0.3 is 10.6 Å². The van der Waals surface area contributed by atoms with E-state index in [1.165, 1.54) is 17.8 Å². The van der Waals surface area contributed by atoms with Crippen molar-refractivity contribution < 1.29 is 9.18 Å². The van der Waals surface area contributed by atoms with Crippen LogP contribution in [0.15, 0.2) is 69.6 Å². The van der Waals surface area contributed by atoms with E-state index in [1.54, 1.807) is 19.1 Å². The number of halogens is 1. The summed E-state index contributed by atoms with van der Waals surface area (Å²) in [6.07, 6.45) is 0. The Kier molecular flexibility index (Phi) is 5.20. The van der Waals surface area contributed by atoms with Gasteiger partial charge in [0.15, 0.2) is 10.9 Å². The van der Waals surface area contributed by atoms with E-state index in [-0.39, 0.29) is 17.6 Å². The molecule has 0 aromatic heterocycles. The molecule has 0 aliphatic carbocycles. The van der Waals surface area contributed by atoms with Crippen molar-refractivity contribution in [1.82, 2.24) is 10.6 Å². The van der Waals surface area contributed by atoms with Gasteiger partial charge in [0.25, 0.3) is 0 Å². The molecule has 0 spiro atoms. The first-order chi connectivity index (χ1) is 12.0. The van der Waals surface area contributed by atoms with Crippen LogP contribution in [0.25, 0.3) is 0 Å². The maximum atomic E-state index is 13.8. The molecule has 1 heterocycles. The summed E-state index contributed by atoms with van der Waals surface area (Å²) < 4.78 is 13.8. The van der Waals surface area contributed by atoms with Crippen LogP contribution in [-0.4, -0.2) is 10.9 Å². The fourth-order valence-electron chi connectivity index (χ4n) is 2.79. The Morgan fingerprint density at radius 1 is 1.16 bits per heavy atom. The lowest BCUT2D eigenvalue weighted by molar-refractivity contribution is -0.114. The first-order valence-electron chi connectivity index (χ1n) is 7.77. The first-order valence-corrected chi connectivity index (χ1v) is 8.99. The molecule has 2 aromatic rings. The highest BCUT2D eigenvalue weighted by Gasteiger charge is 2.27. The van der Waals surface area contributed by atoms with Crippen LogP contribution in [0.3, 0.4) is 0 Å². The number of Topliss-reactive ketones (excluding diaryl/α,β-unsaturated/α-hetero) is 1. The van der Waals surface area contributed by atoms with E-state index in [4.69, 9.17) is 12.2 Å². The summed E-state index contributed by atoms with van der Waals surface area (Å²) in [5.74, 6) is -0.242. The highest BCUT2D eigenvalue weighted by Crippen LogP contribution is 2.32. The maximum absolute atomic E-state index is 13.8. The van der Waals surface area contributed by atoms with Gasteiger partial charge >= 0.3 is 0 Å². The van der Waals surface area contributed by atoms with Crippen molar-refractivity contribution in [2.75, 3.05) is 0 Å². The van der Waals surface area contributed by atoms with E-state index in [0.717, 1.165) is 16.2 Å². The molecule has 0 amide bonds. The zero-order valence-electron chi connectivity index (χ0n) is 13.8. The summed E-state index contributed by atoms with van der Waals surface area (Å²) in [5.41, 5.74) is 2.38. The lowest BCUT2D eigenvalue weighted by Crippen LogP contribution is -2.44. The topological polar surface area (TPSA) is 41.1 Å². The number of allylic oxidation sites excluding steroid dienone is 1. The quantitative estimate of drug-likeness (QED) is 0.781. The minimum absolute atomic E-state index is 0.00481. The minimum atomic E-state index is -0.279. The Morgan fingerprint density at radius 3 is 2.48 bits per heavy atom. The number of ketones is 1. The summed E-state index contributed by atoms with van der Waals surface area (Å²) in [4.78, 5) is 13.5. The molecule has 0 bridgehead atoms. The largest absolute Gasteiger partial charge is 0.351 e. The van der Waals surface area contributed by atoms with Crippen molar-refractivity contribution in [3.05, 3.63) is 71.2 Å². The molecule has 128 valence electrons. The lowest BCUT2D eigenvalue weighted by atomic mass is 9.93. The first kappa shape index (κ1) is 17.6. The molecule has 1 aliphatic rings. The van der Waals surface area contributed by atoms with Crippen molar-refractivity contribution in [3.63, 3.8) is 0 Å². The molecule has 2 N–H and O–H groups in total.